The summed E-state index contributed by atoms with van der Waals surface area (Å²) in [5.41, 5.74) is 13.8. The van der Waals surface area contributed by atoms with Gasteiger partial charge >= 0.3 is 0 Å². The third kappa shape index (κ3) is 6.52. The highest BCUT2D eigenvalue weighted by Gasteiger charge is 2.44. The summed E-state index contributed by atoms with van der Waals surface area (Å²) in [6.45, 7) is 9.15. The lowest BCUT2D eigenvalue weighted by Gasteiger charge is -2.51. The summed E-state index contributed by atoms with van der Waals surface area (Å²) in [6.07, 6.45) is 8.92. The van der Waals surface area contributed by atoms with Gasteiger partial charge < -0.3 is 26.6 Å². The minimum Gasteiger partial charge on any atom is -0.353 e. The maximum atomic E-state index is 12.5. The molecule has 2 aliphatic heterocycles. The molecule has 5 N–H and O–H groups in total. The lowest BCUT2D eigenvalue weighted by molar-refractivity contribution is -0.137. The van der Waals surface area contributed by atoms with Gasteiger partial charge in [0.1, 0.15) is 5.84 Å². The number of hydrogen-bond acceptors (Lipinski definition) is 6. The second-order valence-corrected chi connectivity index (χ2v) is 11.2. The van der Waals surface area contributed by atoms with Crippen molar-refractivity contribution < 1.29 is 9.59 Å². The Hall–Kier alpha value is -2.75. The van der Waals surface area contributed by atoms with E-state index >= 15 is 0 Å². The second-order valence-electron chi connectivity index (χ2n) is 11.2. The van der Waals surface area contributed by atoms with Crippen molar-refractivity contribution in [3.05, 3.63) is 42.1 Å². The van der Waals surface area contributed by atoms with E-state index in [-0.39, 0.29) is 5.91 Å². The minimum atomic E-state index is -0.880. The number of rotatable bonds is 7. The number of carbonyl (C=O) groups is 2. The number of nitrogens with zero attached hydrogens (tertiary/aromatic N) is 4. The number of amidine groups is 1. The molecule has 196 valence electrons. The van der Waals surface area contributed by atoms with Crippen LogP contribution in [0.25, 0.3) is 0 Å². The summed E-state index contributed by atoms with van der Waals surface area (Å²) in [5, 5.41) is 2.56. The van der Waals surface area contributed by atoms with E-state index in [1.807, 2.05) is 12.1 Å². The Labute approximate surface area is 214 Å². The number of carbonyl (C=O) groups excluding carboxylic acids is 2. The molecule has 1 aliphatic carbocycles. The van der Waals surface area contributed by atoms with Crippen molar-refractivity contribution in [3.8, 4) is 0 Å². The van der Waals surface area contributed by atoms with Crippen molar-refractivity contribution in [2.75, 3.05) is 39.3 Å². The van der Waals surface area contributed by atoms with Gasteiger partial charge in [-0.05, 0) is 81.8 Å². The van der Waals surface area contributed by atoms with Crippen LogP contribution in [0.5, 0.6) is 0 Å². The van der Waals surface area contributed by atoms with Crippen LogP contribution in [0.15, 0.2) is 41.5 Å². The van der Waals surface area contributed by atoms with Gasteiger partial charge in [-0.2, -0.15) is 0 Å². The Morgan fingerprint density at radius 2 is 1.69 bits per heavy atom. The van der Waals surface area contributed by atoms with E-state index in [9.17, 15) is 9.59 Å². The number of hydrogen-bond donors (Lipinski definition) is 3. The van der Waals surface area contributed by atoms with Crippen LogP contribution >= 0.6 is 0 Å². The van der Waals surface area contributed by atoms with E-state index in [4.69, 9.17) is 16.5 Å². The number of piperazine rings is 1. The van der Waals surface area contributed by atoms with Crippen LogP contribution < -0.4 is 16.8 Å². The van der Waals surface area contributed by atoms with Crippen molar-refractivity contribution >= 4 is 23.8 Å². The fraction of sp³-hybridized carbons (Fsp3) is 0.593. The van der Waals surface area contributed by atoms with Crippen LogP contribution in [0.3, 0.4) is 0 Å². The van der Waals surface area contributed by atoms with Crippen LogP contribution in [0.4, 0.5) is 5.69 Å². The first-order valence-electron chi connectivity index (χ1n) is 13.0. The number of likely N-dealkylation sites (tertiary alicyclic amines) is 1. The quantitative estimate of drug-likeness (QED) is 0.300. The molecule has 0 radical (unpaired) electrons. The molecule has 9 heteroatoms. The first-order valence-corrected chi connectivity index (χ1v) is 13.0. The van der Waals surface area contributed by atoms with Gasteiger partial charge in [-0.15, -0.1) is 0 Å². The van der Waals surface area contributed by atoms with Crippen LogP contribution in [0, 0.1) is 5.41 Å². The molecule has 0 aromatic heterocycles. The van der Waals surface area contributed by atoms with Gasteiger partial charge in [0.05, 0.1) is 11.2 Å². The lowest BCUT2D eigenvalue weighted by atomic mass is 9.61. The number of piperidine rings is 1. The van der Waals surface area contributed by atoms with E-state index in [1.54, 1.807) is 31.0 Å². The lowest BCUT2D eigenvalue weighted by Crippen LogP contribution is -2.57. The van der Waals surface area contributed by atoms with Gasteiger partial charge in [-0.25, -0.2) is 4.99 Å². The molecule has 3 fully saturated rings. The van der Waals surface area contributed by atoms with E-state index in [0.717, 1.165) is 31.2 Å². The van der Waals surface area contributed by atoms with Crippen LogP contribution in [-0.2, 0) is 16.1 Å². The molecule has 4 rings (SSSR count). The average molecular weight is 496 g/mol. The van der Waals surface area contributed by atoms with Crippen molar-refractivity contribution in [2.24, 2.45) is 21.9 Å². The molecular formula is C27H41N7O2. The van der Waals surface area contributed by atoms with Gasteiger partial charge in [0.2, 0.25) is 12.3 Å². The Morgan fingerprint density at radius 1 is 1.08 bits per heavy atom. The van der Waals surface area contributed by atoms with Gasteiger partial charge in [0.15, 0.2) is 0 Å². The number of nitrogens with one attached hydrogen (secondary N) is 1. The summed E-state index contributed by atoms with van der Waals surface area (Å²) >= 11 is 0. The minimum absolute atomic E-state index is 0.0467. The smallest absolute Gasteiger partial charge is 0.242 e. The predicted octanol–water partition coefficient (Wildman–Crippen LogP) is 1.56. The van der Waals surface area contributed by atoms with E-state index in [2.05, 4.69) is 27.2 Å². The molecule has 1 spiro atoms. The number of amides is 2. The third-order valence-electron chi connectivity index (χ3n) is 7.73. The number of benzene rings is 1. The summed E-state index contributed by atoms with van der Waals surface area (Å²) in [7, 11) is 0. The SMILES string of the molecule is CC(C)(N)C(=O)N1CCN(C(/C=C\NC=O)=N/c2ccc(CN3CCC4(CC3)CC(N)C4)cc2)CC1. The zero-order valence-corrected chi connectivity index (χ0v) is 21.7. The molecule has 0 bridgehead atoms. The zero-order chi connectivity index (χ0) is 25.8. The van der Waals surface area contributed by atoms with Crippen molar-refractivity contribution in [1.82, 2.24) is 20.0 Å². The molecule has 2 heterocycles. The summed E-state index contributed by atoms with van der Waals surface area (Å²) in [4.78, 5) is 34.6. The molecular weight excluding hydrogens is 454 g/mol. The van der Waals surface area contributed by atoms with Crippen LogP contribution in [0.2, 0.25) is 0 Å². The van der Waals surface area contributed by atoms with Gasteiger partial charge in [-0.1, -0.05) is 12.1 Å². The number of aliphatic imine (C=N–C) groups is 1. The highest BCUT2D eigenvalue weighted by atomic mass is 16.2. The molecule has 3 aliphatic rings. The molecule has 1 saturated carbocycles. The molecule has 36 heavy (non-hydrogen) atoms. The standard InChI is InChI=1S/C27H41N7O2/c1-26(2,29)25(36)34-15-13-33(14-16-34)24(7-10-30-20-35)31-23-5-3-21(4-6-23)19-32-11-8-27(9-12-32)17-22(28)18-27/h3-7,10,20,22H,8-9,11-19,28-29H2,1-2H3,(H,30,35)/b10-7-,31-24+. The fourth-order valence-corrected chi connectivity index (χ4v) is 5.63. The second kappa shape index (κ2) is 11.1. The number of nitrogens with two attached hydrogens (primary N) is 2. The maximum Gasteiger partial charge on any atom is 0.242 e. The van der Waals surface area contributed by atoms with Crippen molar-refractivity contribution in [3.63, 3.8) is 0 Å². The normalized spacial score (nSPS) is 21.6. The first kappa shape index (κ1) is 26.3. The molecule has 2 saturated heterocycles. The maximum absolute atomic E-state index is 12.5. The third-order valence-corrected chi connectivity index (χ3v) is 7.73. The molecule has 0 atom stereocenters. The molecule has 2 amide bonds. The fourth-order valence-electron chi connectivity index (χ4n) is 5.63. The Morgan fingerprint density at radius 3 is 2.25 bits per heavy atom. The summed E-state index contributed by atoms with van der Waals surface area (Å²) in [6, 6.07) is 8.80. The predicted molar refractivity (Wildman–Crippen MR) is 142 cm³/mol. The topological polar surface area (TPSA) is 120 Å². The monoisotopic (exact) mass is 495 g/mol. The zero-order valence-electron chi connectivity index (χ0n) is 21.7. The Balaban J connectivity index is 1.36. The summed E-state index contributed by atoms with van der Waals surface area (Å²) in [5.74, 6) is 0.700. The van der Waals surface area contributed by atoms with Gasteiger partial charge in [0.25, 0.3) is 0 Å². The van der Waals surface area contributed by atoms with Crippen LogP contribution in [-0.4, -0.2) is 83.7 Å². The first-order chi connectivity index (χ1) is 17.2. The highest BCUT2D eigenvalue weighted by Crippen LogP contribution is 2.48. The van der Waals surface area contributed by atoms with Gasteiger partial charge in [-0.3, -0.25) is 14.5 Å². The molecule has 0 unspecified atom stereocenters. The molecule has 9 nitrogen and oxygen atoms in total. The van der Waals surface area contributed by atoms with Crippen LogP contribution in [0.1, 0.15) is 45.1 Å². The largest absolute Gasteiger partial charge is 0.353 e. The Bertz CT molecular complexity index is 959. The van der Waals surface area contributed by atoms with Gasteiger partial charge in [0, 0.05) is 45.0 Å². The average Bonchev–Trinajstić information content (AvgIpc) is 2.84. The Kier molecular flexibility index (Phi) is 8.12. The van der Waals surface area contributed by atoms with E-state index in [0.29, 0.717) is 44.0 Å². The molecule has 1 aromatic carbocycles. The van der Waals surface area contributed by atoms with Crippen molar-refractivity contribution in [2.45, 2.75) is 57.7 Å². The highest BCUT2D eigenvalue weighted by molar-refractivity contribution is 5.95. The van der Waals surface area contributed by atoms with E-state index < -0.39 is 5.54 Å². The summed E-state index contributed by atoms with van der Waals surface area (Å²) < 4.78 is 0. The van der Waals surface area contributed by atoms with E-state index in [1.165, 1.54) is 31.2 Å². The van der Waals surface area contributed by atoms with Crippen molar-refractivity contribution in [1.29, 1.82) is 0 Å². The molecule has 1 aromatic rings.